The van der Waals surface area contributed by atoms with Crippen molar-refractivity contribution in [3.8, 4) is 5.75 Å². The van der Waals surface area contributed by atoms with E-state index >= 15 is 0 Å². The fraction of sp³-hybridized carbons (Fsp3) is 0.240. The van der Waals surface area contributed by atoms with Crippen LogP contribution in [0.5, 0.6) is 5.75 Å². The number of para-hydroxylation sites is 2. The molecule has 0 radical (unpaired) electrons. The summed E-state index contributed by atoms with van der Waals surface area (Å²) in [5, 5.41) is 2.76. The highest BCUT2D eigenvalue weighted by Crippen LogP contribution is 2.27. The SMILES string of the molecule is CCc1ccccc1N(CC(=O)NCCOc1ccccc1C)S(=O)(=O)c1ccccc1. The van der Waals surface area contributed by atoms with E-state index in [2.05, 4.69) is 5.32 Å². The van der Waals surface area contributed by atoms with Crippen molar-refractivity contribution in [3.63, 3.8) is 0 Å². The lowest BCUT2D eigenvalue weighted by Crippen LogP contribution is -2.42. The van der Waals surface area contributed by atoms with Gasteiger partial charge in [0.1, 0.15) is 18.9 Å². The van der Waals surface area contributed by atoms with Crippen molar-refractivity contribution in [2.24, 2.45) is 0 Å². The Balaban J connectivity index is 1.74. The van der Waals surface area contributed by atoms with E-state index in [4.69, 9.17) is 4.74 Å². The Morgan fingerprint density at radius 2 is 1.59 bits per heavy atom. The number of nitrogens with one attached hydrogen (secondary N) is 1. The van der Waals surface area contributed by atoms with Gasteiger partial charge in [0.15, 0.2) is 0 Å². The van der Waals surface area contributed by atoms with E-state index in [1.165, 1.54) is 16.4 Å². The van der Waals surface area contributed by atoms with Gasteiger partial charge in [-0.25, -0.2) is 8.42 Å². The van der Waals surface area contributed by atoms with E-state index < -0.39 is 15.9 Å². The number of sulfonamides is 1. The summed E-state index contributed by atoms with van der Waals surface area (Å²) in [4.78, 5) is 12.9. The lowest BCUT2D eigenvalue weighted by Gasteiger charge is -2.26. The van der Waals surface area contributed by atoms with Crippen molar-refractivity contribution in [1.29, 1.82) is 0 Å². The second-order valence-corrected chi connectivity index (χ2v) is 9.13. The Bertz CT molecular complexity index is 1150. The molecule has 1 N–H and O–H groups in total. The number of ether oxygens (including phenoxy) is 1. The average Bonchev–Trinajstić information content (AvgIpc) is 2.82. The highest BCUT2D eigenvalue weighted by Gasteiger charge is 2.28. The van der Waals surface area contributed by atoms with E-state index in [1.807, 2.05) is 50.2 Å². The molecule has 0 saturated carbocycles. The van der Waals surface area contributed by atoms with Gasteiger partial charge in [-0.15, -0.1) is 0 Å². The molecule has 1 amide bonds. The molecule has 0 heterocycles. The summed E-state index contributed by atoms with van der Waals surface area (Å²) < 4.78 is 33.7. The van der Waals surface area contributed by atoms with Gasteiger partial charge in [0.05, 0.1) is 17.1 Å². The minimum atomic E-state index is -3.92. The molecule has 0 aromatic heterocycles. The van der Waals surface area contributed by atoms with Crippen molar-refractivity contribution in [1.82, 2.24) is 5.32 Å². The third kappa shape index (κ3) is 5.68. The molecule has 0 aliphatic carbocycles. The van der Waals surface area contributed by atoms with Gasteiger partial charge in [0.2, 0.25) is 5.91 Å². The third-order valence-corrected chi connectivity index (χ3v) is 6.81. The summed E-state index contributed by atoms with van der Waals surface area (Å²) in [5.74, 6) is 0.357. The molecular weight excluding hydrogens is 424 g/mol. The van der Waals surface area contributed by atoms with E-state index in [9.17, 15) is 13.2 Å². The van der Waals surface area contributed by atoms with Gasteiger partial charge < -0.3 is 10.1 Å². The maximum Gasteiger partial charge on any atom is 0.264 e. The Morgan fingerprint density at radius 3 is 2.31 bits per heavy atom. The molecule has 0 fully saturated rings. The minimum absolute atomic E-state index is 0.140. The quantitative estimate of drug-likeness (QED) is 0.473. The van der Waals surface area contributed by atoms with Crippen molar-refractivity contribution in [2.75, 3.05) is 24.0 Å². The lowest BCUT2D eigenvalue weighted by atomic mass is 10.1. The van der Waals surface area contributed by atoms with Crippen LogP contribution in [0.3, 0.4) is 0 Å². The summed E-state index contributed by atoms with van der Waals surface area (Å²) in [6, 6.07) is 23.0. The van der Waals surface area contributed by atoms with Crippen LogP contribution in [0.2, 0.25) is 0 Å². The van der Waals surface area contributed by atoms with E-state index in [-0.39, 0.29) is 24.6 Å². The number of hydrogen-bond donors (Lipinski definition) is 1. The number of amides is 1. The number of benzene rings is 3. The van der Waals surface area contributed by atoms with Crippen molar-refractivity contribution < 1.29 is 17.9 Å². The monoisotopic (exact) mass is 452 g/mol. The molecule has 0 aliphatic heterocycles. The van der Waals surface area contributed by atoms with Crippen LogP contribution in [0.4, 0.5) is 5.69 Å². The van der Waals surface area contributed by atoms with Gasteiger partial charge >= 0.3 is 0 Å². The molecule has 0 aliphatic rings. The molecule has 168 valence electrons. The van der Waals surface area contributed by atoms with Crippen LogP contribution in [0.25, 0.3) is 0 Å². The maximum atomic E-state index is 13.4. The van der Waals surface area contributed by atoms with E-state index in [1.54, 1.807) is 30.3 Å². The zero-order valence-corrected chi connectivity index (χ0v) is 19.1. The predicted molar refractivity (Wildman–Crippen MR) is 126 cm³/mol. The largest absolute Gasteiger partial charge is 0.491 e. The van der Waals surface area contributed by atoms with Crippen LogP contribution in [0.15, 0.2) is 83.8 Å². The molecule has 3 aromatic carbocycles. The molecule has 0 atom stereocenters. The molecule has 0 saturated heterocycles. The highest BCUT2D eigenvalue weighted by atomic mass is 32.2. The second-order valence-electron chi connectivity index (χ2n) is 7.27. The van der Waals surface area contributed by atoms with Crippen LogP contribution >= 0.6 is 0 Å². The van der Waals surface area contributed by atoms with Gasteiger partial charge in [-0.1, -0.05) is 61.5 Å². The Kier molecular flexibility index (Phi) is 7.89. The molecule has 0 bridgehead atoms. The topological polar surface area (TPSA) is 75.7 Å². The van der Waals surface area contributed by atoms with Crippen molar-refractivity contribution >= 4 is 21.6 Å². The summed E-state index contributed by atoms with van der Waals surface area (Å²) in [5.41, 5.74) is 2.36. The molecule has 6 nitrogen and oxygen atoms in total. The summed E-state index contributed by atoms with van der Waals surface area (Å²) in [6.45, 7) is 4.13. The molecular formula is C25H28N2O4S. The van der Waals surface area contributed by atoms with E-state index in [0.717, 1.165) is 16.9 Å². The number of anilines is 1. The molecule has 32 heavy (non-hydrogen) atoms. The lowest BCUT2D eigenvalue weighted by molar-refractivity contribution is -0.119. The number of carbonyl (C=O) groups is 1. The Morgan fingerprint density at radius 1 is 0.938 bits per heavy atom. The first-order valence-corrected chi connectivity index (χ1v) is 12.0. The number of carbonyl (C=O) groups excluding carboxylic acids is 1. The Labute approximate surface area is 189 Å². The van der Waals surface area contributed by atoms with Crippen LogP contribution in [0.1, 0.15) is 18.1 Å². The first-order chi connectivity index (χ1) is 15.4. The van der Waals surface area contributed by atoms with Gasteiger partial charge in [-0.2, -0.15) is 0 Å². The summed E-state index contributed by atoms with van der Waals surface area (Å²) in [6.07, 6.45) is 0.642. The minimum Gasteiger partial charge on any atom is -0.491 e. The average molecular weight is 453 g/mol. The van der Waals surface area contributed by atoms with Gasteiger partial charge in [0.25, 0.3) is 10.0 Å². The first kappa shape index (κ1) is 23.3. The second kappa shape index (κ2) is 10.8. The van der Waals surface area contributed by atoms with Crippen LogP contribution in [-0.2, 0) is 21.2 Å². The zero-order valence-electron chi connectivity index (χ0n) is 18.3. The standard InChI is InChI=1S/C25H28N2O4S/c1-3-21-12-8-9-15-23(21)27(32(29,30)22-13-5-4-6-14-22)19-25(28)26-17-18-31-24-16-10-7-11-20(24)2/h4-16H,3,17-19H2,1-2H3,(H,26,28). The van der Waals surface area contributed by atoms with Crippen molar-refractivity contribution in [2.45, 2.75) is 25.2 Å². The van der Waals surface area contributed by atoms with Gasteiger partial charge in [0, 0.05) is 0 Å². The van der Waals surface area contributed by atoms with Crippen LogP contribution < -0.4 is 14.4 Å². The van der Waals surface area contributed by atoms with Gasteiger partial charge in [-0.05, 0) is 48.7 Å². The normalized spacial score (nSPS) is 11.1. The van der Waals surface area contributed by atoms with Crippen LogP contribution in [-0.4, -0.2) is 34.0 Å². The third-order valence-electron chi connectivity index (χ3n) is 5.04. The maximum absolute atomic E-state index is 13.4. The zero-order chi connectivity index (χ0) is 23.0. The summed E-state index contributed by atoms with van der Waals surface area (Å²) in [7, 11) is -3.92. The summed E-state index contributed by atoms with van der Waals surface area (Å²) >= 11 is 0. The van der Waals surface area contributed by atoms with Gasteiger partial charge in [-0.3, -0.25) is 9.10 Å². The number of nitrogens with zero attached hydrogens (tertiary/aromatic N) is 1. The Hall–Kier alpha value is -3.32. The van der Waals surface area contributed by atoms with Crippen molar-refractivity contribution in [3.05, 3.63) is 90.0 Å². The number of aryl methyl sites for hydroxylation is 2. The van der Waals surface area contributed by atoms with E-state index in [0.29, 0.717) is 12.1 Å². The fourth-order valence-corrected chi connectivity index (χ4v) is 4.81. The first-order valence-electron chi connectivity index (χ1n) is 10.5. The molecule has 3 aromatic rings. The highest BCUT2D eigenvalue weighted by molar-refractivity contribution is 7.92. The smallest absolute Gasteiger partial charge is 0.264 e. The molecule has 0 spiro atoms. The van der Waals surface area contributed by atoms with Crippen LogP contribution in [0, 0.1) is 6.92 Å². The number of hydrogen-bond acceptors (Lipinski definition) is 4. The number of rotatable bonds is 10. The molecule has 7 heteroatoms. The molecule has 0 unspecified atom stereocenters. The fourth-order valence-electron chi connectivity index (χ4n) is 3.33. The predicted octanol–water partition coefficient (Wildman–Crippen LogP) is 3.95. The molecule has 3 rings (SSSR count).